The second-order valence-corrected chi connectivity index (χ2v) is 6.48. The van der Waals surface area contributed by atoms with Crippen LogP contribution in [0.5, 0.6) is 0 Å². The Morgan fingerprint density at radius 1 is 1.48 bits per heavy atom. The van der Waals surface area contributed by atoms with Gasteiger partial charge < -0.3 is 9.84 Å². The number of amides is 1. The van der Waals surface area contributed by atoms with Crippen LogP contribution < -0.4 is 5.32 Å². The standard InChI is InChI=1S/C16H23N5O2/c1-2-14-18-15(20-23-14)12-6-5-9-21(12)10-13(22)19-16(11-17)7-3-4-8-16/h12H,2-10H2,1H3,(H,19,22)/t12-/m0/s1. The molecule has 23 heavy (non-hydrogen) atoms. The van der Waals surface area contributed by atoms with Crippen molar-refractivity contribution in [2.24, 2.45) is 0 Å². The quantitative estimate of drug-likeness (QED) is 0.888. The molecule has 1 aromatic rings. The van der Waals surface area contributed by atoms with E-state index in [9.17, 15) is 10.1 Å². The molecule has 7 heteroatoms. The van der Waals surface area contributed by atoms with E-state index in [1.54, 1.807) is 0 Å². The average molecular weight is 317 g/mol. The molecule has 1 saturated carbocycles. The van der Waals surface area contributed by atoms with Gasteiger partial charge in [-0.05, 0) is 45.1 Å². The third kappa shape index (κ3) is 3.37. The number of aromatic nitrogens is 2. The van der Waals surface area contributed by atoms with Gasteiger partial charge in [0.2, 0.25) is 11.8 Å². The predicted molar refractivity (Wildman–Crippen MR) is 82.2 cm³/mol. The van der Waals surface area contributed by atoms with Gasteiger partial charge in [0.15, 0.2) is 5.82 Å². The van der Waals surface area contributed by atoms with Gasteiger partial charge in [0, 0.05) is 6.42 Å². The summed E-state index contributed by atoms with van der Waals surface area (Å²) in [4.78, 5) is 18.9. The van der Waals surface area contributed by atoms with Gasteiger partial charge in [-0.25, -0.2) is 0 Å². The van der Waals surface area contributed by atoms with Crippen molar-refractivity contribution in [2.45, 2.75) is 63.5 Å². The number of aryl methyl sites for hydroxylation is 1. The van der Waals surface area contributed by atoms with Crippen LogP contribution in [0.4, 0.5) is 0 Å². The van der Waals surface area contributed by atoms with Crippen LogP contribution in [0.3, 0.4) is 0 Å². The molecule has 1 aliphatic heterocycles. The van der Waals surface area contributed by atoms with E-state index in [1.807, 2.05) is 6.92 Å². The number of hydrogen-bond acceptors (Lipinski definition) is 6. The van der Waals surface area contributed by atoms with Crippen molar-refractivity contribution < 1.29 is 9.32 Å². The molecule has 2 fully saturated rings. The summed E-state index contributed by atoms with van der Waals surface area (Å²) < 4.78 is 5.19. The topological polar surface area (TPSA) is 95.1 Å². The number of nitrogens with one attached hydrogen (secondary N) is 1. The molecule has 1 amide bonds. The van der Waals surface area contributed by atoms with E-state index >= 15 is 0 Å². The molecule has 1 aromatic heterocycles. The average Bonchev–Trinajstić information content (AvgIpc) is 3.27. The van der Waals surface area contributed by atoms with E-state index in [0.29, 0.717) is 18.1 Å². The van der Waals surface area contributed by atoms with E-state index in [-0.39, 0.29) is 18.5 Å². The Morgan fingerprint density at radius 2 is 2.26 bits per heavy atom. The number of rotatable bonds is 5. The summed E-state index contributed by atoms with van der Waals surface area (Å²) in [5.74, 6) is 1.22. The first-order chi connectivity index (χ1) is 11.2. The van der Waals surface area contributed by atoms with Crippen molar-refractivity contribution in [1.29, 1.82) is 5.26 Å². The van der Waals surface area contributed by atoms with Crippen LogP contribution in [0.2, 0.25) is 0 Å². The summed E-state index contributed by atoms with van der Waals surface area (Å²) in [5.41, 5.74) is -0.659. The predicted octanol–water partition coefficient (Wildman–Crippen LogP) is 1.72. The summed E-state index contributed by atoms with van der Waals surface area (Å²) in [6.07, 6.45) is 6.17. The number of carbonyl (C=O) groups is 1. The highest BCUT2D eigenvalue weighted by Gasteiger charge is 2.37. The SMILES string of the molecule is CCc1nc([C@@H]2CCCN2CC(=O)NC2(C#N)CCCC2)no1. The first-order valence-electron chi connectivity index (χ1n) is 8.44. The Hall–Kier alpha value is -1.94. The zero-order chi connectivity index (χ0) is 16.3. The lowest BCUT2D eigenvalue weighted by Crippen LogP contribution is -2.49. The molecule has 0 radical (unpaired) electrons. The number of nitrogens with zero attached hydrogens (tertiary/aromatic N) is 4. The van der Waals surface area contributed by atoms with E-state index in [0.717, 1.165) is 45.1 Å². The maximum Gasteiger partial charge on any atom is 0.235 e. The van der Waals surface area contributed by atoms with Gasteiger partial charge in [0.25, 0.3) is 0 Å². The molecule has 1 aliphatic carbocycles. The minimum atomic E-state index is -0.659. The largest absolute Gasteiger partial charge is 0.339 e. The van der Waals surface area contributed by atoms with Crippen LogP contribution in [-0.2, 0) is 11.2 Å². The molecule has 1 atom stereocenters. The Bertz CT molecular complexity index is 600. The van der Waals surface area contributed by atoms with E-state index in [4.69, 9.17) is 4.52 Å². The number of carbonyl (C=O) groups excluding carboxylic acids is 1. The molecule has 3 rings (SSSR count). The van der Waals surface area contributed by atoms with Crippen LogP contribution in [0, 0.1) is 11.3 Å². The van der Waals surface area contributed by atoms with Crippen molar-refractivity contribution in [1.82, 2.24) is 20.4 Å². The lowest BCUT2D eigenvalue weighted by Gasteiger charge is -2.26. The molecule has 0 spiro atoms. The van der Waals surface area contributed by atoms with Crippen molar-refractivity contribution in [3.63, 3.8) is 0 Å². The second-order valence-electron chi connectivity index (χ2n) is 6.48. The Kier molecular flexibility index (Phi) is 4.62. The minimum Gasteiger partial charge on any atom is -0.339 e. The Labute approximate surface area is 136 Å². The fourth-order valence-electron chi connectivity index (χ4n) is 3.59. The van der Waals surface area contributed by atoms with Crippen molar-refractivity contribution in [2.75, 3.05) is 13.1 Å². The zero-order valence-electron chi connectivity index (χ0n) is 13.5. The molecule has 7 nitrogen and oxygen atoms in total. The van der Waals surface area contributed by atoms with Gasteiger partial charge >= 0.3 is 0 Å². The van der Waals surface area contributed by atoms with E-state index in [1.165, 1.54) is 0 Å². The van der Waals surface area contributed by atoms with E-state index < -0.39 is 5.54 Å². The first kappa shape index (κ1) is 15.9. The molecular weight excluding hydrogens is 294 g/mol. The zero-order valence-corrected chi connectivity index (χ0v) is 13.5. The lowest BCUT2D eigenvalue weighted by atomic mass is 10.00. The number of hydrogen-bond donors (Lipinski definition) is 1. The lowest BCUT2D eigenvalue weighted by molar-refractivity contribution is -0.123. The third-order valence-electron chi connectivity index (χ3n) is 4.84. The number of likely N-dealkylation sites (tertiary alicyclic amines) is 1. The van der Waals surface area contributed by atoms with Gasteiger partial charge in [-0.1, -0.05) is 12.1 Å². The molecule has 2 aliphatic rings. The molecule has 2 heterocycles. The fraction of sp³-hybridized carbons (Fsp3) is 0.750. The second kappa shape index (κ2) is 6.67. The van der Waals surface area contributed by atoms with Gasteiger partial charge in [0.1, 0.15) is 5.54 Å². The van der Waals surface area contributed by atoms with Crippen molar-refractivity contribution >= 4 is 5.91 Å². The van der Waals surface area contributed by atoms with E-state index in [2.05, 4.69) is 26.4 Å². The maximum atomic E-state index is 12.4. The third-order valence-corrected chi connectivity index (χ3v) is 4.84. The molecule has 1 saturated heterocycles. The summed E-state index contributed by atoms with van der Waals surface area (Å²) in [7, 11) is 0. The normalized spacial score (nSPS) is 23.7. The molecule has 0 bridgehead atoms. The molecular formula is C16H23N5O2. The first-order valence-corrected chi connectivity index (χ1v) is 8.44. The molecule has 0 aromatic carbocycles. The molecule has 1 N–H and O–H groups in total. The molecule has 0 unspecified atom stereocenters. The maximum absolute atomic E-state index is 12.4. The Balaban J connectivity index is 1.62. The highest BCUT2D eigenvalue weighted by molar-refractivity contribution is 5.79. The molecule has 124 valence electrons. The van der Waals surface area contributed by atoms with Crippen LogP contribution in [0.15, 0.2) is 4.52 Å². The van der Waals surface area contributed by atoms with Gasteiger partial charge in [-0.2, -0.15) is 10.2 Å². The summed E-state index contributed by atoms with van der Waals surface area (Å²) in [5, 5.41) is 16.4. The fourth-order valence-corrected chi connectivity index (χ4v) is 3.59. The minimum absolute atomic E-state index is 0.0337. The van der Waals surface area contributed by atoms with Gasteiger partial charge in [-0.15, -0.1) is 0 Å². The summed E-state index contributed by atoms with van der Waals surface area (Å²) in [6, 6.07) is 2.33. The highest BCUT2D eigenvalue weighted by atomic mass is 16.5. The summed E-state index contributed by atoms with van der Waals surface area (Å²) >= 11 is 0. The summed E-state index contributed by atoms with van der Waals surface area (Å²) in [6.45, 7) is 3.10. The highest BCUT2D eigenvalue weighted by Crippen LogP contribution is 2.31. The smallest absolute Gasteiger partial charge is 0.235 e. The van der Waals surface area contributed by atoms with Gasteiger partial charge in [0.05, 0.1) is 18.7 Å². The van der Waals surface area contributed by atoms with Crippen LogP contribution in [-0.4, -0.2) is 39.6 Å². The monoisotopic (exact) mass is 317 g/mol. The van der Waals surface area contributed by atoms with Crippen LogP contribution in [0.25, 0.3) is 0 Å². The van der Waals surface area contributed by atoms with Crippen molar-refractivity contribution in [3.8, 4) is 6.07 Å². The van der Waals surface area contributed by atoms with Crippen molar-refractivity contribution in [3.05, 3.63) is 11.7 Å². The van der Waals surface area contributed by atoms with Crippen LogP contribution in [0.1, 0.15) is 63.2 Å². The number of nitriles is 1. The van der Waals surface area contributed by atoms with Gasteiger partial charge in [-0.3, -0.25) is 9.69 Å². The van der Waals surface area contributed by atoms with Crippen LogP contribution >= 0.6 is 0 Å². The Morgan fingerprint density at radius 3 is 2.91 bits per heavy atom.